The predicted molar refractivity (Wildman–Crippen MR) is 94.9 cm³/mol. The molecule has 0 aliphatic heterocycles. The number of hydrogen-bond donors (Lipinski definition) is 0. The standard InChI is InChI=1S/C17H36O6S/c1-3-5-6-7-8-9-10-11-12-13-14-15-21-23-24(18,19)22-17-16-20-4-2/h3-17H2,1-2H3. The van der Waals surface area contributed by atoms with Gasteiger partial charge in [0.25, 0.3) is 0 Å². The van der Waals surface area contributed by atoms with E-state index in [1.165, 1.54) is 51.4 Å². The second-order valence-corrected chi connectivity index (χ2v) is 7.04. The molecular formula is C17H36O6S. The third-order valence-electron chi connectivity index (χ3n) is 3.62. The van der Waals surface area contributed by atoms with Gasteiger partial charge in [-0.2, -0.15) is 8.42 Å². The molecule has 0 N–H and O–H groups in total. The Morgan fingerprint density at radius 2 is 1.21 bits per heavy atom. The molecule has 0 radical (unpaired) electrons. The van der Waals surface area contributed by atoms with Crippen LogP contribution in [0, 0.1) is 0 Å². The summed E-state index contributed by atoms with van der Waals surface area (Å²) in [6, 6.07) is 0. The smallest absolute Gasteiger partial charge is 0.379 e. The molecule has 0 fully saturated rings. The van der Waals surface area contributed by atoms with Gasteiger partial charge in [-0.25, -0.2) is 9.07 Å². The zero-order valence-corrected chi connectivity index (χ0v) is 16.3. The van der Waals surface area contributed by atoms with Crippen molar-refractivity contribution in [2.75, 3.05) is 26.4 Å². The van der Waals surface area contributed by atoms with E-state index in [-0.39, 0.29) is 19.8 Å². The van der Waals surface area contributed by atoms with Crippen molar-refractivity contribution >= 4 is 10.4 Å². The van der Waals surface area contributed by atoms with E-state index in [2.05, 4.69) is 20.3 Å². The highest BCUT2D eigenvalue weighted by molar-refractivity contribution is 7.81. The molecule has 0 saturated carbocycles. The van der Waals surface area contributed by atoms with Gasteiger partial charge in [0.2, 0.25) is 0 Å². The maximum absolute atomic E-state index is 11.3. The van der Waals surface area contributed by atoms with Crippen molar-refractivity contribution in [3.63, 3.8) is 0 Å². The molecule has 0 aliphatic rings. The van der Waals surface area contributed by atoms with Crippen LogP contribution in [0.2, 0.25) is 0 Å². The Kier molecular flexibility index (Phi) is 17.5. The summed E-state index contributed by atoms with van der Waals surface area (Å²) in [5.41, 5.74) is 0. The lowest BCUT2D eigenvalue weighted by atomic mass is 10.1. The van der Waals surface area contributed by atoms with Gasteiger partial charge in [0.05, 0.1) is 19.8 Å². The summed E-state index contributed by atoms with van der Waals surface area (Å²) in [7, 11) is -4.08. The number of hydrogen-bond acceptors (Lipinski definition) is 6. The third kappa shape index (κ3) is 18.1. The highest BCUT2D eigenvalue weighted by atomic mass is 32.3. The fourth-order valence-electron chi connectivity index (χ4n) is 2.28. The molecule has 0 rings (SSSR count). The minimum Gasteiger partial charge on any atom is -0.379 e. The van der Waals surface area contributed by atoms with Crippen molar-refractivity contribution in [3.05, 3.63) is 0 Å². The summed E-state index contributed by atoms with van der Waals surface area (Å²) in [6.45, 7) is 4.96. The first-order valence-corrected chi connectivity index (χ1v) is 10.7. The van der Waals surface area contributed by atoms with Gasteiger partial charge in [-0.05, 0) is 13.3 Å². The van der Waals surface area contributed by atoms with Crippen LogP contribution in [0.15, 0.2) is 0 Å². The average molecular weight is 369 g/mol. The van der Waals surface area contributed by atoms with Gasteiger partial charge in [0.1, 0.15) is 0 Å². The zero-order valence-electron chi connectivity index (χ0n) is 15.5. The average Bonchev–Trinajstić information content (AvgIpc) is 2.56. The molecule has 0 atom stereocenters. The van der Waals surface area contributed by atoms with Gasteiger partial charge in [-0.1, -0.05) is 75.5 Å². The van der Waals surface area contributed by atoms with Crippen LogP contribution in [0.3, 0.4) is 0 Å². The van der Waals surface area contributed by atoms with Crippen molar-refractivity contribution in [2.24, 2.45) is 0 Å². The van der Waals surface area contributed by atoms with E-state index in [1.807, 2.05) is 6.92 Å². The Morgan fingerprint density at radius 1 is 0.667 bits per heavy atom. The monoisotopic (exact) mass is 368 g/mol. The molecule has 0 aliphatic carbocycles. The Labute approximate surface area is 148 Å². The summed E-state index contributed by atoms with van der Waals surface area (Å²) in [6.07, 6.45) is 13.5. The molecule has 0 aromatic heterocycles. The normalized spacial score (nSPS) is 11.9. The quantitative estimate of drug-likeness (QED) is 0.189. The Morgan fingerprint density at radius 3 is 1.75 bits per heavy atom. The lowest BCUT2D eigenvalue weighted by molar-refractivity contribution is -0.210. The number of rotatable bonds is 19. The van der Waals surface area contributed by atoms with E-state index in [9.17, 15) is 8.42 Å². The largest absolute Gasteiger partial charge is 0.426 e. The van der Waals surface area contributed by atoms with E-state index >= 15 is 0 Å². The van der Waals surface area contributed by atoms with Crippen molar-refractivity contribution in [1.29, 1.82) is 0 Å². The molecule has 24 heavy (non-hydrogen) atoms. The fraction of sp³-hybridized carbons (Fsp3) is 1.00. The van der Waals surface area contributed by atoms with Crippen LogP contribution in [0.4, 0.5) is 0 Å². The summed E-state index contributed by atoms with van der Waals surface area (Å²) in [5, 5.41) is 0. The van der Waals surface area contributed by atoms with Crippen LogP contribution in [0.25, 0.3) is 0 Å². The molecule has 0 amide bonds. The van der Waals surface area contributed by atoms with Crippen LogP contribution in [0.5, 0.6) is 0 Å². The zero-order chi connectivity index (χ0) is 17.9. The van der Waals surface area contributed by atoms with Gasteiger partial charge in [-0.15, -0.1) is 0 Å². The highest BCUT2D eigenvalue weighted by Crippen LogP contribution is 2.11. The summed E-state index contributed by atoms with van der Waals surface area (Å²) in [4.78, 5) is 4.68. The summed E-state index contributed by atoms with van der Waals surface area (Å²) >= 11 is 0. The summed E-state index contributed by atoms with van der Waals surface area (Å²) in [5.74, 6) is 0. The van der Waals surface area contributed by atoms with Crippen molar-refractivity contribution in [1.82, 2.24) is 0 Å². The van der Waals surface area contributed by atoms with Crippen LogP contribution in [-0.2, 0) is 28.5 Å². The molecule has 0 saturated heterocycles. The van der Waals surface area contributed by atoms with E-state index in [4.69, 9.17) is 4.74 Å². The van der Waals surface area contributed by atoms with Crippen molar-refractivity contribution in [2.45, 2.75) is 84.5 Å². The Balaban J connectivity index is 3.26. The van der Waals surface area contributed by atoms with Crippen molar-refractivity contribution in [3.8, 4) is 0 Å². The third-order valence-corrected chi connectivity index (χ3v) is 4.34. The van der Waals surface area contributed by atoms with Crippen LogP contribution in [0.1, 0.15) is 84.5 Å². The Hall–Kier alpha value is -0.210. The van der Waals surface area contributed by atoms with Gasteiger partial charge >= 0.3 is 10.4 Å². The van der Waals surface area contributed by atoms with Gasteiger partial charge in [-0.3, -0.25) is 0 Å². The maximum atomic E-state index is 11.3. The van der Waals surface area contributed by atoms with E-state index < -0.39 is 10.4 Å². The van der Waals surface area contributed by atoms with Crippen LogP contribution >= 0.6 is 0 Å². The van der Waals surface area contributed by atoms with Crippen LogP contribution in [-0.4, -0.2) is 34.8 Å². The SMILES string of the molecule is CCCCCCCCCCCCCOOS(=O)(=O)OCCOCC. The van der Waals surface area contributed by atoms with Gasteiger partial charge in [0.15, 0.2) is 0 Å². The van der Waals surface area contributed by atoms with Crippen molar-refractivity contribution < 1.29 is 26.6 Å². The Bertz CT molecular complexity index is 345. The molecule has 7 heteroatoms. The fourth-order valence-corrected chi connectivity index (χ4v) is 2.77. The molecule has 0 unspecified atom stereocenters. The minimum absolute atomic E-state index is 0.0715. The molecular weight excluding hydrogens is 332 g/mol. The molecule has 0 heterocycles. The van der Waals surface area contributed by atoms with E-state index in [0.29, 0.717) is 6.61 Å². The first kappa shape index (κ1) is 23.8. The predicted octanol–water partition coefficient (Wildman–Crippen LogP) is 4.54. The topological polar surface area (TPSA) is 71.1 Å². The molecule has 0 bridgehead atoms. The molecule has 6 nitrogen and oxygen atoms in total. The molecule has 146 valence electrons. The van der Waals surface area contributed by atoms with E-state index in [1.54, 1.807) is 0 Å². The van der Waals surface area contributed by atoms with Gasteiger partial charge in [0, 0.05) is 6.61 Å². The first-order valence-electron chi connectivity index (χ1n) is 9.40. The second kappa shape index (κ2) is 17.6. The number of unbranched alkanes of at least 4 members (excludes halogenated alkanes) is 10. The number of ether oxygens (including phenoxy) is 1. The lowest BCUT2D eigenvalue weighted by Gasteiger charge is -2.05. The minimum atomic E-state index is -4.08. The molecule has 0 aromatic rings. The highest BCUT2D eigenvalue weighted by Gasteiger charge is 2.12. The molecule has 0 aromatic carbocycles. The van der Waals surface area contributed by atoms with Crippen LogP contribution < -0.4 is 0 Å². The first-order chi connectivity index (χ1) is 11.6. The summed E-state index contributed by atoms with van der Waals surface area (Å²) < 4.78 is 36.3. The lowest BCUT2D eigenvalue weighted by Crippen LogP contribution is -2.14. The second-order valence-electron chi connectivity index (χ2n) is 5.85. The van der Waals surface area contributed by atoms with E-state index in [0.717, 1.165) is 19.3 Å². The maximum Gasteiger partial charge on any atom is 0.426 e. The van der Waals surface area contributed by atoms with Gasteiger partial charge < -0.3 is 4.74 Å². The molecule has 0 spiro atoms.